The van der Waals surface area contributed by atoms with Gasteiger partial charge in [0.15, 0.2) is 0 Å². The third-order valence-corrected chi connectivity index (χ3v) is 6.76. The molecule has 0 unspecified atom stereocenters. The zero-order valence-electron chi connectivity index (χ0n) is 16.5. The summed E-state index contributed by atoms with van der Waals surface area (Å²) in [6.45, 7) is 8.85. The number of nitrogens with two attached hydrogens (primary N) is 1. The molecule has 0 bridgehead atoms. The lowest BCUT2D eigenvalue weighted by atomic mass is 9.72. The standard InChI is InChI=1S/C22H28N2O2S/c1-5-13-6-8-14(9-7-13)20(26)24-21-18(19(23)25)16-11-10-15(22(2,3)4)12-17(16)27-21/h6-9,15H,5,10-12H2,1-4H3,(H2,23,25)(H,24,26)/t15-/m0/s1. The normalized spacial score (nSPS) is 16.7. The molecule has 1 aliphatic carbocycles. The average molecular weight is 385 g/mol. The summed E-state index contributed by atoms with van der Waals surface area (Å²) in [5.41, 5.74) is 9.20. The van der Waals surface area contributed by atoms with Crippen molar-refractivity contribution in [3.8, 4) is 0 Å². The highest BCUT2D eigenvalue weighted by atomic mass is 32.1. The molecule has 3 N–H and O–H groups in total. The van der Waals surface area contributed by atoms with Gasteiger partial charge in [-0.1, -0.05) is 39.8 Å². The number of carbonyl (C=O) groups is 2. The topological polar surface area (TPSA) is 72.2 Å². The summed E-state index contributed by atoms with van der Waals surface area (Å²) in [6.07, 6.45) is 3.75. The number of aryl methyl sites for hydroxylation is 1. The first-order valence-electron chi connectivity index (χ1n) is 9.55. The van der Waals surface area contributed by atoms with Crippen LogP contribution in [0.3, 0.4) is 0 Å². The number of fused-ring (bicyclic) bond motifs is 1. The molecule has 0 spiro atoms. The number of nitrogens with one attached hydrogen (secondary N) is 1. The predicted molar refractivity (Wildman–Crippen MR) is 112 cm³/mol. The van der Waals surface area contributed by atoms with E-state index < -0.39 is 5.91 Å². The van der Waals surface area contributed by atoms with Crippen LogP contribution in [0.4, 0.5) is 5.00 Å². The van der Waals surface area contributed by atoms with Gasteiger partial charge in [-0.25, -0.2) is 0 Å². The number of benzene rings is 1. The minimum Gasteiger partial charge on any atom is -0.365 e. The fraction of sp³-hybridized carbons (Fsp3) is 0.455. The van der Waals surface area contributed by atoms with Gasteiger partial charge in [0, 0.05) is 10.4 Å². The van der Waals surface area contributed by atoms with Crippen molar-refractivity contribution in [2.75, 3.05) is 5.32 Å². The fourth-order valence-electron chi connectivity index (χ4n) is 3.74. The summed E-state index contributed by atoms with van der Waals surface area (Å²) in [4.78, 5) is 26.0. The van der Waals surface area contributed by atoms with Gasteiger partial charge in [-0.3, -0.25) is 9.59 Å². The van der Waals surface area contributed by atoms with E-state index in [-0.39, 0.29) is 11.3 Å². The zero-order valence-corrected chi connectivity index (χ0v) is 17.3. The summed E-state index contributed by atoms with van der Waals surface area (Å²) in [7, 11) is 0. The molecule has 3 rings (SSSR count). The van der Waals surface area contributed by atoms with Crippen LogP contribution < -0.4 is 11.1 Å². The van der Waals surface area contributed by atoms with Crippen molar-refractivity contribution in [1.29, 1.82) is 0 Å². The van der Waals surface area contributed by atoms with Crippen molar-refractivity contribution in [3.05, 3.63) is 51.4 Å². The van der Waals surface area contributed by atoms with E-state index in [9.17, 15) is 9.59 Å². The van der Waals surface area contributed by atoms with Crippen molar-refractivity contribution in [3.63, 3.8) is 0 Å². The van der Waals surface area contributed by atoms with Crippen LogP contribution in [0.2, 0.25) is 0 Å². The molecule has 0 aliphatic heterocycles. The van der Waals surface area contributed by atoms with Crippen LogP contribution in [0.25, 0.3) is 0 Å². The Kier molecular flexibility index (Phi) is 5.43. The summed E-state index contributed by atoms with van der Waals surface area (Å²) in [5.74, 6) is -0.0982. The molecule has 1 aromatic heterocycles. The molecular weight excluding hydrogens is 356 g/mol. The maximum Gasteiger partial charge on any atom is 0.256 e. The smallest absolute Gasteiger partial charge is 0.256 e. The van der Waals surface area contributed by atoms with Gasteiger partial charge in [-0.05, 0) is 60.3 Å². The average Bonchev–Trinajstić information content (AvgIpc) is 2.98. The van der Waals surface area contributed by atoms with E-state index in [0.717, 1.165) is 31.2 Å². The molecule has 1 aromatic carbocycles. The van der Waals surface area contributed by atoms with Crippen molar-refractivity contribution >= 4 is 28.2 Å². The molecular formula is C22H28N2O2S. The predicted octanol–water partition coefficient (Wildman–Crippen LogP) is 4.81. The molecule has 5 heteroatoms. The Morgan fingerprint density at radius 1 is 1.22 bits per heavy atom. The van der Waals surface area contributed by atoms with Gasteiger partial charge < -0.3 is 11.1 Å². The van der Waals surface area contributed by atoms with Crippen molar-refractivity contribution < 1.29 is 9.59 Å². The number of amides is 2. The maximum absolute atomic E-state index is 12.7. The van der Waals surface area contributed by atoms with Crippen LogP contribution in [-0.4, -0.2) is 11.8 Å². The Labute approximate surface area is 165 Å². The van der Waals surface area contributed by atoms with Gasteiger partial charge in [0.25, 0.3) is 11.8 Å². The number of rotatable bonds is 4. The van der Waals surface area contributed by atoms with Gasteiger partial charge in [0.2, 0.25) is 0 Å². The molecule has 4 nitrogen and oxygen atoms in total. The monoisotopic (exact) mass is 384 g/mol. The minimum atomic E-state index is -0.460. The van der Waals surface area contributed by atoms with Crippen LogP contribution in [0.5, 0.6) is 0 Å². The highest BCUT2D eigenvalue weighted by Crippen LogP contribution is 2.44. The second-order valence-electron chi connectivity index (χ2n) is 8.38. The van der Waals surface area contributed by atoms with E-state index >= 15 is 0 Å². The zero-order chi connectivity index (χ0) is 19.8. The largest absolute Gasteiger partial charge is 0.365 e. The van der Waals surface area contributed by atoms with Crippen LogP contribution in [0.15, 0.2) is 24.3 Å². The first kappa shape index (κ1) is 19.6. The SMILES string of the molecule is CCc1ccc(C(=O)Nc2sc3c(c2C(N)=O)CC[C@H](C(C)(C)C)C3)cc1. The summed E-state index contributed by atoms with van der Waals surface area (Å²) in [5, 5.41) is 3.52. The van der Waals surface area contributed by atoms with E-state index in [1.165, 1.54) is 21.8 Å². The van der Waals surface area contributed by atoms with E-state index in [4.69, 9.17) is 5.73 Å². The van der Waals surface area contributed by atoms with Crippen molar-refractivity contribution in [2.24, 2.45) is 17.1 Å². The van der Waals surface area contributed by atoms with Gasteiger partial charge in [0.05, 0.1) is 5.56 Å². The van der Waals surface area contributed by atoms with Crippen LogP contribution >= 0.6 is 11.3 Å². The molecule has 0 saturated heterocycles. The third kappa shape index (κ3) is 4.08. The first-order valence-corrected chi connectivity index (χ1v) is 10.4. The van der Waals surface area contributed by atoms with E-state index in [1.807, 2.05) is 24.3 Å². The Balaban J connectivity index is 1.88. The molecule has 1 aliphatic rings. The number of hydrogen-bond donors (Lipinski definition) is 2. The molecule has 144 valence electrons. The van der Waals surface area contributed by atoms with Crippen LogP contribution in [0, 0.1) is 11.3 Å². The van der Waals surface area contributed by atoms with E-state index in [1.54, 1.807) is 0 Å². The van der Waals surface area contributed by atoms with Crippen LogP contribution in [-0.2, 0) is 19.3 Å². The second kappa shape index (κ2) is 7.47. The summed E-state index contributed by atoms with van der Waals surface area (Å²) >= 11 is 1.51. The Hall–Kier alpha value is -2.14. The minimum absolute atomic E-state index is 0.203. The fourth-order valence-corrected chi connectivity index (χ4v) is 5.07. The molecule has 0 fully saturated rings. The molecule has 0 radical (unpaired) electrons. The highest BCUT2D eigenvalue weighted by Gasteiger charge is 2.33. The van der Waals surface area contributed by atoms with Crippen molar-refractivity contribution in [1.82, 2.24) is 0 Å². The quantitative estimate of drug-likeness (QED) is 0.794. The highest BCUT2D eigenvalue weighted by molar-refractivity contribution is 7.17. The molecule has 1 atom stereocenters. The Bertz CT molecular complexity index is 860. The van der Waals surface area contributed by atoms with E-state index in [2.05, 4.69) is 33.0 Å². The van der Waals surface area contributed by atoms with Crippen LogP contribution in [0.1, 0.15) is 70.8 Å². The lowest BCUT2D eigenvalue weighted by Crippen LogP contribution is -2.27. The first-order chi connectivity index (χ1) is 12.7. The number of hydrogen-bond acceptors (Lipinski definition) is 3. The third-order valence-electron chi connectivity index (χ3n) is 5.59. The maximum atomic E-state index is 12.7. The number of anilines is 1. The number of thiophene rings is 1. The lowest BCUT2D eigenvalue weighted by molar-refractivity contribution is 0.1000. The van der Waals surface area contributed by atoms with Crippen molar-refractivity contribution in [2.45, 2.75) is 53.4 Å². The lowest BCUT2D eigenvalue weighted by Gasteiger charge is -2.33. The summed E-state index contributed by atoms with van der Waals surface area (Å²) in [6, 6.07) is 7.55. The summed E-state index contributed by atoms with van der Waals surface area (Å²) < 4.78 is 0. The second-order valence-corrected chi connectivity index (χ2v) is 9.49. The Morgan fingerprint density at radius 3 is 2.44 bits per heavy atom. The molecule has 1 heterocycles. The molecule has 27 heavy (non-hydrogen) atoms. The van der Waals surface area contributed by atoms with Gasteiger partial charge in [0.1, 0.15) is 5.00 Å². The number of carbonyl (C=O) groups excluding carboxylic acids is 2. The molecule has 0 saturated carbocycles. The van der Waals surface area contributed by atoms with Gasteiger partial charge in [-0.15, -0.1) is 11.3 Å². The number of primary amides is 1. The van der Waals surface area contributed by atoms with Gasteiger partial charge >= 0.3 is 0 Å². The molecule has 2 aromatic rings. The Morgan fingerprint density at radius 2 is 1.89 bits per heavy atom. The molecule has 2 amide bonds. The van der Waals surface area contributed by atoms with Gasteiger partial charge in [-0.2, -0.15) is 0 Å². The van der Waals surface area contributed by atoms with E-state index in [0.29, 0.717) is 22.0 Å².